The minimum Gasteiger partial charge on any atom is -0.462 e. The number of esters is 2. The molecule has 1 heterocycles. The highest BCUT2D eigenvalue weighted by molar-refractivity contribution is 7.85. The van der Waals surface area contributed by atoms with E-state index in [9.17, 15) is 37.9 Å². The highest BCUT2D eigenvalue weighted by atomic mass is 32.2. The lowest BCUT2D eigenvalue weighted by Gasteiger charge is -2.40. The Labute approximate surface area is 402 Å². The Hall–Kier alpha value is -1.87. The monoisotopic (exact) mass is 959 g/mol. The van der Waals surface area contributed by atoms with E-state index < -0.39 is 71.2 Å². The molecule has 0 saturated carbocycles. The molecule has 1 fully saturated rings. The number of ether oxygens (including phenoxy) is 4. The molecule has 6 atom stereocenters. The van der Waals surface area contributed by atoms with Gasteiger partial charge in [0.15, 0.2) is 12.4 Å². The summed E-state index contributed by atoms with van der Waals surface area (Å²) in [5, 5.41) is 31.0. The van der Waals surface area contributed by atoms with Crippen LogP contribution in [0.1, 0.15) is 245 Å². The van der Waals surface area contributed by atoms with Crippen LogP contribution in [0.5, 0.6) is 0 Å². The van der Waals surface area contributed by atoms with Crippen molar-refractivity contribution in [1.82, 2.24) is 0 Å². The van der Waals surface area contributed by atoms with E-state index in [1.165, 1.54) is 148 Å². The maximum atomic E-state index is 12.9. The lowest BCUT2D eigenvalue weighted by molar-refractivity contribution is -0.297. The molecule has 0 bridgehead atoms. The number of aliphatic hydroxyl groups excluding tert-OH is 3. The van der Waals surface area contributed by atoms with Gasteiger partial charge in [-0.05, 0) is 38.5 Å². The van der Waals surface area contributed by atoms with Crippen molar-refractivity contribution in [3.05, 3.63) is 24.3 Å². The van der Waals surface area contributed by atoms with Gasteiger partial charge in [0.1, 0.15) is 36.8 Å². The Morgan fingerprint density at radius 3 is 1.32 bits per heavy atom. The Balaban J connectivity index is 2.33. The summed E-state index contributed by atoms with van der Waals surface area (Å²) in [7, 11) is -4.61. The molecule has 0 radical (unpaired) electrons. The molecule has 0 aromatic heterocycles. The van der Waals surface area contributed by atoms with Gasteiger partial charge in [-0.15, -0.1) is 0 Å². The van der Waals surface area contributed by atoms with Crippen molar-refractivity contribution >= 4 is 22.1 Å². The number of allylic oxidation sites excluding steroid dienone is 4. The molecule has 1 aliphatic rings. The molecule has 388 valence electrons. The molecule has 0 spiro atoms. The summed E-state index contributed by atoms with van der Waals surface area (Å²) in [4.78, 5) is 25.5. The Morgan fingerprint density at radius 2 is 0.894 bits per heavy atom. The predicted molar refractivity (Wildman–Crippen MR) is 266 cm³/mol. The van der Waals surface area contributed by atoms with Gasteiger partial charge in [-0.1, -0.05) is 218 Å². The smallest absolute Gasteiger partial charge is 0.306 e. The SMILES string of the molecule is CCCCCC/C=C/C=C/CCCCCCCC(=O)OC[C@H](CO[C@H]1O[C@H](CS(=O)(=O)O)[C@@H](O)C(O)C1O)OC(=O)CCCCCCCCCCCCCCCCCCCCCCCCC. The average Bonchev–Trinajstić information content (AvgIpc) is 3.28. The lowest BCUT2D eigenvalue weighted by Crippen LogP contribution is -2.60. The van der Waals surface area contributed by atoms with Gasteiger partial charge < -0.3 is 34.3 Å². The molecule has 1 saturated heterocycles. The van der Waals surface area contributed by atoms with Crippen LogP contribution >= 0.6 is 0 Å². The Bertz CT molecular complexity index is 1310. The quantitative estimate of drug-likeness (QED) is 0.0196. The zero-order valence-corrected chi connectivity index (χ0v) is 42.6. The third-order valence-corrected chi connectivity index (χ3v) is 13.3. The Kier molecular flexibility index (Phi) is 40.7. The van der Waals surface area contributed by atoms with Crippen LogP contribution in [0.15, 0.2) is 24.3 Å². The van der Waals surface area contributed by atoms with Crippen LogP contribution in [0, 0.1) is 0 Å². The normalized spacial score (nSPS) is 19.5. The molecule has 1 rings (SSSR count). The van der Waals surface area contributed by atoms with Gasteiger partial charge in [-0.25, -0.2) is 0 Å². The van der Waals surface area contributed by atoms with E-state index >= 15 is 0 Å². The van der Waals surface area contributed by atoms with Gasteiger partial charge in [-0.2, -0.15) is 8.42 Å². The summed E-state index contributed by atoms with van der Waals surface area (Å²) in [6, 6.07) is 0. The van der Waals surface area contributed by atoms with Crippen LogP contribution < -0.4 is 0 Å². The Morgan fingerprint density at radius 1 is 0.515 bits per heavy atom. The predicted octanol–water partition coefficient (Wildman–Crippen LogP) is 12.3. The van der Waals surface area contributed by atoms with Crippen molar-refractivity contribution in [2.45, 2.75) is 282 Å². The van der Waals surface area contributed by atoms with Crippen molar-refractivity contribution in [3.63, 3.8) is 0 Å². The third-order valence-electron chi connectivity index (χ3n) is 12.6. The highest BCUT2D eigenvalue weighted by Gasteiger charge is 2.46. The standard InChI is InChI=1S/C53H98O12S/c1-3-5-7-9-11-13-15-17-19-20-21-22-23-24-25-26-28-30-32-34-36-38-40-42-49(55)64-46(44-63-53-52(58)51(57)50(56)47(65-53)45-66(59,60)61)43-62-48(54)41-39-37-35-33-31-29-27-18-16-14-12-10-8-6-4-2/h14,16,18,27,46-47,50-53,56-58H,3-13,15,17,19-26,28-45H2,1-2H3,(H,59,60,61)/b16-14+,27-18+/t46-,47-,50-,51?,52?,53+/m1/s1. The van der Waals surface area contributed by atoms with Gasteiger partial charge in [0, 0.05) is 12.8 Å². The fraction of sp³-hybridized carbons (Fsp3) is 0.887. The van der Waals surface area contributed by atoms with E-state index in [0.29, 0.717) is 12.8 Å². The molecular formula is C53H98O12S. The van der Waals surface area contributed by atoms with Crippen molar-refractivity contribution in [2.24, 2.45) is 0 Å². The van der Waals surface area contributed by atoms with E-state index in [4.69, 9.17) is 18.9 Å². The summed E-state index contributed by atoms with van der Waals surface area (Å²) in [5.74, 6) is -1.99. The summed E-state index contributed by atoms with van der Waals surface area (Å²) in [6.45, 7) is 3.77. The number of aliphatic hydroxyl groups is 3. The molecule has 12 nitrogen and oxygen atoms in total. The van der Waals surface area contributed by atoms with Crippen molar-refractivity contribution < 1.29 is 56.8 Å². The minimum atomic E-state index is -4.61. The summed E-state index contributed by atoms with van der Waals surface area (Å²) < 4.78 is 54.3. The second kappa shape index (κ2) is 43.2. The van der Waals surface area contributed by atoms with Crippen molar-refractivity contribution in [3.8, 4) is 0 Å². The number of hydrogen-bond donors (Lipinski definition) is 4. The first-order valence-electron chi connectivity index (χ1n) is 26.9. The number of unbranched alkanes of at least 4 members (excludes halogenated alkanes) is 31. The zero-order valence-electron chi connectivity index (χ0n) is 41.8. The summed E-state index contributed by atoms with van der Waals surface area (Å²) in [5.41, 5.74) is 0. The molecule has 0 aromatic rings. The average molecular weight is 959 g/mol. The topological polar surface area (TPSA) is 186 Å². The van der Waals surface area contributed by atoms with E-state index in [1.54, 1.807) is 0 Å². The van der Waals surface area contributed by atoms with E-state index in [2.05, 4.69) is 38.2 Å². The summed E-state index contributed by atoms with van der Waals surface area (Å²) in [6.07, 6.45) is 40.8. The highest BCUT2D eigenvalue weighted by Crippen LogP contribution is 2.24. The molecule has 13 heteroatoms. The minimum absolute atomic E-state index is 0.166. The van der Waals surface area contributed by atoms with Crippen LogP contribution in [0.3, 0.4) is 0 Å². The number of rotatable bonds is 46. The molecule has 0 amide bonds. The van der Waals surface area contributed by atoms with Crippen LogP contribution in [0.2, 0.25) is 0 Å². The van der Waals surface area contributed by atoms with Crippen LogP contribution in [0.25, 0.3) is 0 Å². The fourth-order valence-corrected chi connectivity index (χ4v) is 9.07. The van der Waals surface area contributed by atoms with Crippen molar-refractivity contribution in [2.75, 3.05) is 19.0 Å². The second-order valence-corrected chi connectivity index (χ2v) is 20.4. The van der Waals surface area contributed by atoms with Crippen LogP contribution in [0.4, 0.5) is 0 Å². The van der Waals surface area contributed by atoms with E-state index in [0.717, 1.165) is 57.8 Å². The second-order valence-electron chi connectivity index (χ2n) is 18.9. The maximum absolute atomic E-state index is 12.9. The molecule has 1 aliphatic heterocycles. The van der Waals surface area contributed by atoms with Crippen molar-refractivity contribution in [1.29, 1.82) is 0 Å². The van der Waals surface area contributed by atoms with E-state index in [1.807, 2.05) is 0 Å². The zero-order chi connectivity index (χ0) is 48.4. The number of hydrogen-bond acceptors (Lipinski definition) is 11. The number of carbonyl (C=O) groups excluding carboxylic acids is 2. The molecular weight excluding hydrogens is 861 g/mol. The van der Waals surface area contributed by atoms with Gasteiger partial charge >= 0.3 is 11.9 Å². The lowest BCUT2D eigenvalue weighted by atomic mass is 10.00. The molecule has 0 aliphatic carbocycles. The molecule has 66 heavy (non-hydrogen) atoms. The molecule has 2 unspecified atom stereocenters. The third kappa shape index (κ3) is 37.1. The van der Waals surface area contributed by atoms with Crippen LogP contribution in [-0.2, 0) is 38.7 Å². The summed E-state index contributed by atoms with van der Waals surface area (Å²) >= 11 is 0. The van der Waals surface area contributed by atoms with Gasteiger partial charge in [-0.3, -0.25) is 14.1 Å². The first kappa shape index (κ1) is 62.1. The molecule has 4 N–H and O–H groups in total. The first-order valence-corrected chi connectivity index (χ1v) is 28.5. The van der Waals surface area contributed by atoms with Gasteiger partial charge in [0.2, 0.25) is 0 Å². The largest absolute Gasteiger partial charge is 0.462 e. The number of carbonyl (C=O) groups is 2. The molecule has 0 aromatic carbocycles. The van der Waals surface area contributed by atoms with Crippen LogP contribution in [-0.4, -0.2) is 96.0 Å². The van der Waals surface area contributed by atoms with Gasteiger partial charge in [0.05, 0.1) is 6.61 Å². The first-order chi connectivity index (χ1) is 32.0. The fourth-order valence-electron chi connectivity index (χ4n) is 8.38. The van der Waals surface area contributed by atoms with E-state index in [-0.39, 0.29) is 19.4 Å². The maximum Gasteiger partial charge on any atom is 0.306 e. The van der Waals surface area contributed by atoms with Gasteiger partial charge in [0.25, 0.3) is 10.1 Å².